The summed E-state index contributed by atoms with van der Waals surface area (Å²) in [6.45, 7) is 3.37. The van der Waals surface area contributed by atoms with E-state index in [-0.39, 0.29) is 11.8 Å². The highest BCUT2D eigenvalue weighted by Crippen LogP contribution is 2.29. The fourth-order valence-corrected chi connectivity index (χ4v) is 2.56. The van der Waals surface area contributed by atoms with Gasteiger partial charge in [-0.3, -0.25) is 4.79 Å². The minimum atomic E-state index is -0.717. The Balaban J connectivity index is 2.06. The fraction of sp³-hybridized carbons (Fsp3) is 0.533. The van der Waals surface area contributed by atoms with Gasteiger partial charge in [0, 0.05) is 18.8 Å². The number of anilines is 1. The van der Waals surface area contributed by atoms with E-state index in [1.54, 1.807) is 13.1 Å². The molecule has 1 aromatic carbocycles. The number of methoxy groups -OCH3 is 1. The molecule has 20 heavy (non-hydrogen) atoms. The predicted octanol–water partition coefficient (Wildman–Crippen LogP) is 1.73. The number of nitrogens with one attached hydrogen (secondary N) is 1. The van der Waals surface area contributed by atoms with Crippen molar-refractivity contribution in [3.8, 4) is 0 Å². The highest BCUT2D eigenvalue weighted by molar-refractivity contribution is 5.80. The van der Waals surface area contributed by atoms with Crippen molar-refractivity contribution >= 4 is 11.7 Å². The van der Waals surface area contributed by atoms with Crippen LogP contribution in [0.5, 0.6) is 0 Å². The molecule has 2 rings (SSSR count). The van der Waals surface area contributed by atoms with Gasteiger partial charge < -0.3 is 15.0 Å². The van der Waals surface area contributed by atoms with E-state index in [1.165, 1.54) is 13.2 Å². The summed E-state index contributed by atoms with van der Waals surface area (Å²) in [5.74, 6) is -0.501. The van der Waals surface area contributed by atoms with Gasteiger partial charge >= 0.3 is 5.97 Å². The monoisotopic (exact) mass is 280 g/mol. The molecular weight excluding hydrogens is 259 g/mol. The van der Waals surface area contributed by atoms with E-state index in [9.17, 15) is 9.18 Å². The van der Waals surface area contributed by atoms with Gasteiger partial charge in [-0.25, -0.2) is 4.39 Å². The molecule has 0 bridgehead atoms. The van der Waals surface area contributed by atoms with Crippen molar-refractivity contribution < 1.29 is 13.9 Å². The quantitative estimate of drug-likeness (QED) is 0.834. The van der Waals surface area contributed by atoms with Crippen molar-refractivity contribution in [2.24, 2.45) is 0 Å². The third-order valence-electron chi connectivity index (χ3n) is 4.11. The second kappa shape index (κ2) is 5.79. The molecule has 1 heterocycles. The van der Waals surface area contributed by atoms with Crippen LogP contribution >= 0.6 is 0 Å². The van der Waals surface area contributed by atoms with Crippen LogP contribution in [0, 0.1) is 5.82 Å². The number of hydrogen-bond acceptors (Lipinski definition) is 4. The lowest BCUT2D eigenvalue weighted by Crippen LogP contribution is -2.50. The van der Waals surface area contributed by atoms with Gasteiger partial charge in [-0.15, -0.1) is 0 Å². The maximum atomic E-state index is 13.3. The Labute approximate surface area is 118 Å². The number of nitrogens with zero attached hydrogens (tertiary/aromatic N) is 1. The van der Waals surface area contributed by atoms with Crippen molar-refractivity contribution in [3.63, 3.8) is 0 Å². The van der Waals surface area contributed by atoms with Crippen LogP contribution in [0.15, 0.2) is 18.2 Å². The van der Waals surface area contributed by atoms with E-state index in [4.69, 9.17) is 4.74 Å². The maximum Gasteiger partial charge on any atom is 0.325 e. The van der Waals surface area contributed by atoms with E-state index >= 15 is 0 Å². The molecule has 1 unspecified atom stereocenters. The first-order valence-corrected chi connectivity index (χ1v) is 6.81. The highest BCUT2D eigenvalue weighted by Gasteiger charge is 2.33. The minimum Gasteiger partial charge on any atom is -0.468 e. The maximum absolute atomic E-state index is 13.3. The second-order valence-corrected chi connectivity index (χ2v) is 5.33. The molecule has 0 aromatic heterocycles. The molecular formula is C15H21FN2O2. The van der Waals surface area contributed by atoms with Crippen LogP contribution in [0.2, 0.25) is 0 Å². The van der Waals surface area contributed by atoms with Crippen LogP contribution in [0.4, 0.5) is 10.1 Å². The zero-order chi connectivity index (χ0) is 14.8. The first-order valence-electron chi connectivity index (χ1n) is 6.81. The van der Waals surface area contributed by atoms with Crippen molar-refractivity contribution in [1.82, 2.24) is 5.32 Å². The Kier molecular flexibility index (Phi) is 4.28. The van der Waals surface area contributed by atoms with Crippen molar-refractivity contribution in [3.05, 3.63) is 29.6 Å². The Morgan fingerprint density at radius 1 is 1.55 bits per heavy atom. The Morgan fingerprint density at radius 3 is 2.95 bits per heavy atom. The smallest absolute Gasteiger partial charge is 0.325 e. The first-order chi connectivity index (χ1) is 9.50. The number of esters is 1. The molecule has 4 nitrogen and oxygen atoms in total. The molecule has 110 valence electrons. The SMILES string of the molecule is CNC(C)(CCN1CCc2ccc(F)cc21)C(=O)OC. The summed E-state index contributed by atoms with van der Waals surface area (Å²) in [7, 11) is 3.13. The highest BCUT2D eigenvalue weighted by atomic mass is 19.1. The molecule has 0 saturated carbocycles. The fourth-order valence-electron chi connectivity index (χ4n) is 2.56. The Morgan fingerprint density at radius 2 is 2.30 bits per heavy atom. The Hall–Kier alpha value is -1.62. The van der Waals surface area contributed by atoms with E-state index < -0.39 is 5.54 Å². The number of fused-ring (bicyclic) bond motifs is 1. The Bertz CT molecular complexity index is 507. The molecule has 1 aromatic rings. The van der Waals surface area contributed by atoms with E-state index in [1.807, 2.05) is 13.0 Å². The molecule has 0 saturated heterocycles. The average Bonchev–Trinajstić information content (AvgIpc) is 2.86. The lowest BCUT2D eigenvalue weighted by Gasteiger charge is -2.29. The molecule has 1 aliphatic rings. The zero-order valence-electron chi connectivity index (χ0n) is 12.2. The largest absolute Gasteiger partial charge is 0.468 e. The second-order valence-electron chi connectivity index (χ2n) is 5.33. The lowest BCUT2D eigenvalue weighted by molar-refractivity contribution is -0.147. The number of carbonyl (C=O) groups excluding carboxylic acids is 1. The number of ether oxygens (including phenoxy) is 1. The summed E-state index contributed by atoms with van der Waals surface area (Å²) in [5.41, 5.74) is 1.38. The van der Waals surface area contributed by atoms with Crippen LogP contribution in [-0.2, 0) is 16.0 Å². The summed E-state index contributed by atoms with van der Waals surface area (Å²) < 4.78 is 18.2. The minimum absolute atomic E-state index is 0.222. The molecule has 1 N–H and O–H groups in total. The van der Waals surface area contributed by atoms with Gasteiger partial charge in [-0.2, -0.15) is 0 Å². The third-order valence-corrected chi connectivity index (χ3v) is 4.11. The van der Waals surface area contributed by atoms with Crippen LogP contribution < -0.4 is 10.2 Å². The summed E-state index contributed by atoms with van der Waals surface area (Å²) in [5, 5.41) is 3.01. The number of likely N-dealkylation sites (N-methyl/N-ethyl adjacent to an activating group) is 1. The van der Waals surface area contributed by atoms with Gasteiger partial charge in [-0.1, -0.05) is 6.07 Å². The number of carbonyl (C=O) groups is 1. The average molecular weight is 280 g/mol. The third kappa shape index (κ3) is 2.77. The molecule has 0 amide bonds. The van der Waals surface area contributed by atoms with E-state index in [0.717, 1.165) is 24.2 Å². The van der Waals surface area contributed by atoms with Crippen LogP contribution in [-0.4, -0.2) is 38.8 Å². The number of hydrogen-bond donors (Lipinski definition) is 1. The summed E-state index contributed by atoms with van der Waals surface area (Å²) >= 11 is 0. The number of benzene rings is 1. The van der Waals surface area contributed by atoms with Crippen molar-refractivity contribution in [2.75, 3.05) is 32.1 Å². The van der Waals surface area contributed by atoms with Crippen LogP contribution in [0.1, 0.15) is 18.9 Å². The molecule has 1 atom stereocenters. The molecule has 5 heteroatoms. The molecule has 0 aliphatic carbocycles. The van der Waals surface area contributed by atoms with Gasteiger partial charge in [0.15, 0.2) is 0 Å². The normalized spacial score (nSPS) is 16.7. The van der Waals surface area contributed by atoms with E-state index in [2.05, 4.69) is 10.2 Å². The van der Waals surface area contributed by atoms with Gasteiger partial charge in [0.2, 0.25) is 0 Å². The van der Waals surface area contributed by atoms with Crippen molar-refractivity contribution in [1.29, 1.82) is 0 Å². The zero-order valence-corrected chi connectivity index (χ0v) is 12.2. The molecule has 0 radical (unpaired) electrons. The molecule has 0 fully saturated rings. The molecule has 1 aliphatic heterocycles. The van der Waals surface area contributed by atoms with Crippen LogP contribution in [0.25, 0.3) is 0 Å². The van der Waals surface area contributed by atoms with Gasteiger partial charge in [0.25, 0.3) is 0 Å². The topological polar surface area (TPSA) is 41.6 Å². The summed E-state index contributed by atoms with van der Waals surface area (Å²) in [6.07, 6.45) is 1.52. The number of rotatable bonds is 5. The predicted molar refractivity (Wildman–Crippen MR) is 76.4 cm³/mol. The van der Waals surface area contributed by atoms with Gasteiger partial charge in [0.1, 0.15) is 11.4 Å². The van der Waals surface area contributed by atoms with Gasteiger partial charge in [0.05, 0.1) is 7.11 Å². The number of halogens is 1. The lowest BCUT2D eigenvalue weighted by atomic mass is 9.98. The summed E-state index contributed by atoms with van der Waals surface area (Å²) in [6, 6.07) is 4.90. The standard InChI is InChI=1S/C15H21FN2O2/c1-15(17-2,14(19)20-3)7-9-18-8-6-11-4-5-12(16)10-13(11)18/h4-5,10,17H,6-9H2,1-3H3. The van der Waals surface area contributed by atoms with E-state index in [0.29, 0.717) is 13.0 Å². The van der Waals surface area contributed by atoms with Crippen LogP contribution in [0.3, 0.4) is 0 Å². The summed E-state index contributed by atoms with van der Waals surface area (Å²) in [4.78, 5) is 13.9. The first kappa shape index (κ1) is 14.8. The van der Waals surface area contributed by atoms with Gasteiger partial charge in [-0.05, 0) is 44.5 Å². The molecule has 0 spiro atoms. The van der Waals surface area contributed by atoms with Crippen molar-refractivity contribution in [2.45, 2.75) is 25.3 Å².